The van der Waals surface area contributed by atoms with Crippen LogP contribution < -0.4 is 10.6 Å². The third kappa shape index (κ3) is 6.41. The van der Waals surface area contributed by atoms with Gasteiger partial charge in [-0.25, -0.2) is 0 Å². The highest BCUT2D eigenvalue weighted by Gasteiger charge is 2.14. The van der Waals surface area contributed by atoms with Crippen molar-refractivity contribution >= 4 is 5.91 Å². The normalized spacial score (nSPS) is 18.6. The van der Waals surface area contributed by atoms with Gasteiger partial charge in [0.15, 0.2) is 0 Å². The standard InChI is InChI=1S/C12H23N3O2/c1-3-4-13-9-12(16)14-11(2)10-15-5-7-17-8-6-15/h3,11,13H,1,4-10H2,2H3,(H,14,16). The highest BCUT2D eigenvalue weighted by molar-refractivity contribution is 5.78. The van der Waals surface area contributed by atoms with E-state index in [9.17, 15) is 4.79 Å². The molecular weight excluding hydrogens is 218 g/mol. The Kier molecular flexibility index (Phi) is 6.84. The van der Waals surface area contributed by atoms with Gasteiger partial charge in [-0.05, 0) is 6.92 Å². The summed E-state index contributed by atoms with van der Waals surface area (Å²) >= 11 is 0. The van der Waals surface area contributed by atoms with Crippen LogP contribution in [0.3, 0.4) is 0 Å². The van der Waals surface area contributed by atoms with E-state index >= 15 is 0 Å². The van der Waals surface area contributed by atoms with Crippen molar-refractivity contribution in [2.24, 2.45) is 0 Å². The molecule has 98 valence electrons. The van der Waals surface area contributed by atoms with Crippen molar-refractivity contribution in [1.82, 2.24) is 15.5 Å². The molecule has 0 bridgehead atoms. The molecule has 5 heteroatoms. The highest BCUT2D eigenvalue weighted by atomic mass is 16.5. The fraction of sp³-hybridized carbons (Fsp3) is 0.750. The number of nitrogens with zero attached hydrogens (tertiary/aromatic N) is 1. The minimum atomic E-state index is 0.0348. The van der Waals surface area contributed by atoms with Gasteiger partial charge in [-0.3, -0.25) is 9.69 Å². The second-order valence-electron chi connectivity index (χ2n) is 4.30. The van der Waals surface area contributed by atoms with Crippen LogP contribution in [-0.4, -0.2) is 62.8 Å². The first-order valence-corrected chi connectivity index (χ1v) is 6.13. The van der Waals surface area contributed by atoms with E-state index in [0.29, 0.717) is 13.1 Å². The molecule has 1 aliphatic rings. The topological polar surface area (TPSA) is 53.6 Å². The fourth-order valence-corrected chi connectivity index (χ4v) is 1.83. The summed E-state index contributed by atoms with van der Waals surface area (Å²) in [4.78, 5) is 13.8. The molecule has 1 amide bonds. The number of morpholine rings is 1. The lowest BCUT2D eigenvalue weighted by Crippen LogP contribution is -2.47. The number of hydrogen-bond acceptors (Lipinski definition) is 4. The van der Waals surface area contributed by atoms with Crippen molar-refractivity contribution < 1.29 is 9.53 Å². The number of carbonyl (C=O) groups is 1. The van der Waals surface area contributed by atoms with Gasteiger partial charge in [-0.2, -0.15) is 0 Å². The second kappa shape index (κ2) is 8.22. The number of amides is 1. The average Bonchev–Trinajstić information content (AvgIpc) is 2.30. The number of carbonyl (C=O) groups excluding carboxylic acids is 1. The van der Waals surface area contributed by atoms with Crippen LogP contribution >= 0.6 is 0 Å². The number of rotatable bonds is 7. The van der Waals surface area contributed by atoms with Gasteiger partial charge in [0.05, 0.1) is 19.8 Å². The lowest BCUT2D eigenvalue weighted by molar-refractivity contribution is -0.121. The summed E-state index contributed by atoms with van der Waals surface area (Å²) in [7, 11) is 0. The van der Waals surface area contributed by atoms with Gasteiger partial charge in [0.2, 0.25) is 5.91 Å². The molecule has 1 heterocycles. The summed E-state index contributed by atoms with van der Waals surface area (Å²) in [5, 5.41) is 5.95. The molecule has 0 radical (unpaired) electrons. The lowest BCUT2D eigenvalue weighted by atomic mass is 10.3. The third-order valence-electron chi connectivity index (χ3n) is 2.62. The van der Waals surface area contributed by atoms with Crippen molar-refractivity contribution in [2.75, 3.05) is 45.9 Å². The largest absolute Gasteiger partial charge is 0.379 e. The third-order valence-corrected chi connectivity index (χ3v) is 2.62. The molecule has 1 atom stereocenters. The molecule has 0 saturated carbocycles. The first-order chi connectivity index (χ1) is 8.22. The Morgan fingerprint density at radius 1 is 1.53 bits per heavy atom. The summed E-state index contributed by atoms with van der Waals surface area (Å²) in [6.07, 6.45) is 1.74. The maximum absolute atomic E-state index is 11.5. The smallest absolute Gasteiger partial charge is 0.234 e. The van der Waals surface area contributed by atoms with Gasteiger partial charge in [0, 0.05) is 32.2 Å². The Hall–Kier alpha value is -0.910. The van der Waals surface area contributed by atoms with E-state index in [0.717, 1.165) is 32.8 Å². The van der Waals surface area contributed by atoms with E-state index < -0.39 is 0 Å². The zero-order chi connectivity index (χ0) is 12.5. The predicted molar refractivity (Wildman–Crippen MR) is 67.9 cm³/mol. The van der Waals surface area contributed by atoms with E-state index in [1.165, 1.54) is 0 Å². The summed E-state index contributed by atoms with van der Waals surface area (Å²) in [6, 6.07) is 0.172. The van der Waals surface area contributed by atoms with E-state index in [4.69, 9.17) is 4.74 Å². The van der Waals surface area contributed by atoms with Crippen molar-refractivity contribution in [2.45, 2.75) is 13.0 Å². The average molecular weight is 241 g/mol. The van der Waals surface area contributed by atoms with Crippen molar-refractivity contribution in [1.29, 1.82) is 0 Å². The predicted octanol–water partition coefficient (Wildman–Crippen LogP) is -0.401. The lowest BCUT2D eigenvalue weighted by Gasteiger charge is -2.29. The SMILES string of the molecule is C=CCNCC(=O)NC(C)CN1CCOCC1. The molecule has 0 aromatic carbocycles. The molecule has 1 unspecified atom stereocenters. The van der Waals surface area contributed by atoms with Gasteiger partial charge < -0.3 is 15.4 Å². The minimum absolute atomic E-state index is 0.0348. The van der Waals surface area contributed by atoms with Crippen LogP contribution in [0.5, 0.6) is 0 Å². The quantitative estimate of drug-likeness (QED) is 0.470. The molecule has 0 aromatic rings. The van der Waals surface area contributed by atoms with Gasteiger partial charge >= 0.3 is 0 Å². The molecule has 2 N–H and O–H groups in total. The molecule has 1 aliphatic heterocycles. The van der Waals surface area contributed by atoms with Crippen molar-refractivity contribution in [3.8, 4) is 0 Å². The first kappa shape index (κ1) is 14.2. The second-order valence-corrected chi connectivity index (χ2v) is 4.30. The monoisotopic (exact) mass is 241 g/mol. The van der Waals surface area contributed by atoms with Gasteiger partial charge in [0.25, 0.3) is 0 Å². The number of ether oxygens (including phenoxy) is 1. The van der Waals surface area contributed by atoms with Crippen molar-refractivity contribution in [3.05, 3.63) is 12.7 Å². The number of hydrogen-bond donors (Lipinski definition) is 2. The van der Waals surface area contributed by atoms with Gasteiger partial charge in [0.1, 0.15) is 0 Å². The van der Waals surface area contributed by atoms with Crippen LogP contribution in [0.1, 0.15) is 6.92 Å². The molecule has 0 aliphatic carbocycles. The summed E-state index contributed by atoms with van der Waals surface area (Å²) in [5.74, 6) is 0.0348. The highest BCUT2D eigenvalue weighted by Crippen LogP contribution is 1.98. The number of nitrogens with one attached hydrogen (secondary N) is 2. The molecular formula is C12H23N3O2. The fourth-order valence-electron chi connectivity index (χ4n) is 1.83. The maximum Gasteiger partial charge on any atom is 0.234 e. The Labute approximate surface area is 103 Å². The molecule has 1 rings (SSSR count). The Morgan fingerprint density at radius 2 is 2.24 bits per heavy atom. The van der Waals surface area contributed by atoms with Gasteiger partial charge in [-0.15, -0.1) is 6.58 Å². The van der Waals surface area contributed by atoms with Crippen LogP contribution in [0.4, 0.5) is 0 Å². The van der Waals surface area contributed by atoms with Crippen LogP contribution in [-0.2, 0) is 9.53 Å². The molecule has 1 saturated heterocycles. The van der Waals surface area contributed by atoms with Crippen LogP contribution in [0, 0.1) is 0 Å². The van der Waals surface area contributed by atoms with Gasteiger partial charge in [-0.1, -0.05) is 6.08 Å². The Morgan fingerprint density at radius 3 is 2.88 bits per heavy atom. The molecule has 17 heavy (non-hydrogen) atoms. The summed E-state index contributed by atoms with van der Waals surface area (Å²) < 4.78 is 5.28. The molecule has 0 aromatic heterocycles. The molecule has 0 spiro atoms. The molecule has 5 nitrogen and oxygen atoms in total. The van der Waals surface area contributed by atoms with E-state index in [1.54, 1.807) is 6.08 Å². The van der Waals surface area contributed by atoms with Crippen LogP contribution in [0.2, 0.25) is 0 Å². The van der Waals surface area contributed by atoms with Crippen LogP contribution in [0.25, 0.3) is 0 Å². The van der Waals surface area contributed by atoms with E-state index in [1.807, 2.05) is 6.92 Å². The summed E-state index contributed by atoms with van der Waals surface area (Å²) in [6.45, 7) is 11.0. The molecule has 1 fully saturated rings. The van der Waals surface area contributed by atoms with Crippen LogP contribution in [0.15, 0.2) is 12.7 Å². The zero-order valence-corrected chi connectivity index (χ0v) is 10.6. The van der Waals surface area contributed by atoms with Crippen molar-refractivity contribution in [3.63, 3.8) is 0 Å². The van der Waals surface area contributed by atoms with E-state index in [2.05, 4.69) is 22.1 Å². The zero-order valence-electron chi connectivity index (χ0n) is 10.6. The maximum atomic E-state index is 11.5. The first-order valence-electron chi connectivity index (χ1n) is 6.13. The summed E-state index contributed by atoms with van der Waals surface area (Å²) in [5.41, 5.74) is 0. The van der Waals surface area contributed by atoms with E-state index in [-0.39, 0.29) is 11.9 Å². The Balaban J connectivity index is 2.12. The Bertz CT molecular complexity index is 240. The minimum Gasteiger partial charge on any atom is -0.379 e.